The number of aliphatic hydroxyl groups excluding tert-OH is 1. The number of pyridine rings is 1. The molecule has 8 nitrogen and oxygen atoms in total. The topological polar surface area (TPSA) is 117 Å². The number of anilines is 1. The zero-order chi connectivity index (χ0) is 27.0. The Morgan fingerprint density at radius 2 is 1.71 bits per heavy atom. The number of hydrogen-bond donors (Lipinski definition) is 2. The Labute approximate surface area is 225 Å². The van der Waals surface area contributed by atoms with Crippen LogP contribution in [-0.4, -0.2) is 65.9 Å². The molecule has 4 rings (SSSR count). The summed E-state index contributed by atoms with van der Waals surface area (Å²) in [6.07, 6.45) is 6.72. The fourth-order valence-corrected chi connectivity index (χ4v) is 6.59. The van der Waals surface area contributed by atoms with E-state index in [1.807, 2.05) is 30.3 Å². The molecule has 1 saturated carbocycles. The normalized spacial score (nSPS) is 15.0. The highest BCUT2D eigenvalue weighted by molar-refractivity contribution is 7.89. The van der Waals surface area contributed by atoms with Crippen LogP contribution in [0.5, 0.6) is 0 Å². The molecule has 2 aromatic carbocycles. The zero-order valence-electron chi connectivity index (χ0n) is 21.5. The zero-order valence-corrected chi connectivity index (χ0v) is 22.3. The summed E-state index contributed by atoms with van der Waals surface area (Å²) in [5, 5.41) is 11.2. The number of nitrogen functional groups attached to an aromatic ring is 1. The molecule has 3 aromatic rings. The van der Waals surface area contributed by atoms with E-state index in [0.29, 0.717) is 30.8 Å². The van der Waals surface area contributed by atoms with E-state index >= 15 is 0 Å². The van der Waals surface area contributed by atoms with Gasteiger partial charge < -0.3 is 15.7 Å². The van der Waals surface area contributed by atoms with Crippen molar-refractivity contribution in [3.05, 3.63) is 90.3 Å². The van der Waals surface area contributed by atoms with Crippen molar-refractivity contribution >= 4 is 21.6 Å². The van der Waals surface area contributed by atoms with Crippen LogP contribution in [0.1, 0.15) is 41.6 Å². The molecule has 202 valence electrons. The first-order valence-corrected chi connectivity index (χ1v) is 14.5. The molecule has 0 radical (unpaired) electrons. The number of carbonyl (C=O) groups excluding carboxylic acids is 1. The van der Waals surface area contributed by atoms with Gasteiger partial charge in [0.1, 0.15) is 0 Å². The largest absolute Gasteiger partial charge is 0.399 e. The van der Waals surface area contributed by atoms with Crippen LogP contribution < -0.4 is 5.73 Å². The Kier molecular flexibility index (Phi) is 9.49. The van der Waals surface area contributed by atoms with Crippen LogP contribution in [-0.2, 0) is 16.4 Å². The number of rotatable bonds is 12. The van der Waals surface area contributed by atoms with Crippen LogP contribution in [0.2, 0.25) is 0 Å². The summed E-state index contributed by atoms with van der Waals surface area (Å²) in [5.74, 6) is 0.00841. The summed E-state index contributed by atoms with van der Waals surface area (Å²) < 4.78 is 28.6. The first-order valence-electron chi connectivity index (χ1n) is 13.1. The second kappa shape index (κ2) is 13.0. The first-order chi connectivity index (χ1) is 18.3. The van der Waals surface area contributed by atoms with Gasteiger partial charge in [0.2, 0.25) is 10.0 Å². The van der Waals surface area contributed by atoms with Crippen LogP contribution in [0, 0.1) is 5.92 Å². The lowest BCUT2D eigenvalue weighted by molar-refractivity contribution is 0.0584. The van der Waals surface area contributed by atoms with Crippen LogP contribution >= 0.6 is 0 Å². The van der Waals surface area contributed by atoms with E-state index in [2.05, 4.69) is 4.98 Å². The molecule has 0 saturated heterocycles. The maximum absolute atomic E-state index is 13.6. The van der Waals surface area contributed by atoms with Crippen molar-refractivity contribution in [1.29, 1.82) is 0 Å². The number of amides is 1. The average molecular weight is 537 g/mol. The lowest BCUT2D eigenvalue weighted by atomic mass is 10.1. The van der Waals surface area contributed by atoms with Gasteiger partial charge >= 0.3 is 0 Å². The van der Waals surface area contributed by atoms with Gasteiger partial charge in [-0.2, -0.15) is 4.31 Å². The van der Waals surface area contributed by atoms with Crippen LogP contribution in [0.15, 0.2) is 84.0 Å². The van der Waals surface area contributed by atoms with E-state index in [0.717, 1.165) is 31.2 Å². The summed E-state index contributed by atoms with van der Waals surface area (Å²) in [7, 11) is -3.89. The first kappa shape index (κ1) is 27.8. The van der Waals surface area contributed by atoms with Gasteiger partial charge in [0.25, 0.3) is 5.91 Å². The minimum atomic E-state index is -3.89. The summed E-state index contributed by atoms with van der Waals surface area (Å²) in [6, 6.07) is 19.3. The Morgan fingerprint density at radius 3 is 2.39 bits per heavy atom. The van der Waals surface area contributed by atoms with Crippen LogP contribution in [0.25, 0.3) is 0 Å². The maximum Gasteiger partial charge on any atom is 0.254 e. The molecule has 9 heteroatoms. The number of aromatic nitrogens is 1. The van der Waals surface area contributed by atoms with Gasteiger partial charge in [-0.05, 0) is 61.1 Å². The highest BCUT2D eigenvalue weighted by atomic mass is 32.2. The van der Waals surface area contributed by atoms with Crippen LogP contribution in [0.3, 0.4) is 0 Å². The van der Waals surface area contributed by atoms with E-state index < -0.39 is 16.1 Å². The van der Waals surface area contributed by atoms with E-state index in [1.165, 1.54) is 16.4 Å². The molecule has 1 fully saturated rings. The SMILES string of the molecule is Nc1cccc(S(=O)(=O)N(CC2CCCC2)C[C@@H](O)CN(CCc2ccccc2)C(=O)c2ccncc2)c1. The Balaban J connectivity index is 1.53. The van der Waals surface area contributed by atoms with Gasteiger partial charge in [-0.25, -0.2) is 8.42 Å². The molecule has 0 aliphatic heterocycles. The quantitative estimate of drug-likeness (QED) is 0.342. The number of nitrogens with zero attached hydrogens (tertiary/aromatic N) is 3. The highest BCUT2D eigenvalue weighted by Crippen LogP contribution is 2.28. The van der Waals surface area contributed by atoms with Crippen molar-refractivity contribution in [3.63, 3.8) is 0 Å². The predicted octanol–water partition coefficient (Wildman–Crippen LogP) is 3.59. The van der Waals surface area contributed by atoms with E-state index in [-0.39, 0.29) is 29.8 Å². The van der Waals surface area contributed by atoms with Crippen molar-refractivity contribution < 1.29 is 18.3 Å². The Hall–Kier alpha value is -3.27. The predicted molar refractivity (Wildman–Crippen MR) is 148 cm³/mol. The third kappa shape index (κ3) is 7.40. The standard InChI is InChI=1S/C29H36N4O4S/c30-26-11-6-12-28(19-26)38(36,37)33(20-24-9-4-5-10-24)22-27(34)21-32(18-15-23-7-2-1-3-8-23)29(35)25-13-16-31-17-14-25/h1-3,6-8,11-14,16-17,19,24,27,34H,4-5,9-10,15,18,20-22,30H2/t27-/m0/s1. The molecular formula is C29H36N4O4S. The van der Waals surface area contributed by atoms with Crippen molar-refractivity contribution in [3.8, 4) is 0 Å². The van der Waals surface area contributed by atoms with Crippen molar-refractivity contribution in [1.82, 2.24) is 14.2 Å². The third-order valence-electron chi connectivity index (χ3n) is 7.01. The van der Waals surface area contributed by atoms with E-state index in [1.54, 1.807) is 41.6 Å². The number of nitrogens with two attached hydrogens (primary N) is 1. The number of sulfonamides is 1. The van der Waals surface area contributed by atoms with Gasteiger partial charge in [-0.3, -0.25) is 9.78 Å². The summed E-state index contributed by atoms with van der Waals surface area (Å²) in [5.41, 5.74) is 7.78. The molecule has 38 heavy (non-hydrogen) atoms. The molecule has 1 amide bonds. The summed E-state index contributed by atoms with van der Waals surface area (Å²) >= 11 is 0. The number of carbonyl (C=O) groups is 1. The van der Waals surface area contributed by atoms with Crippen molar-refractivity contribution in [2.75, 3.05) is 31.9 Å². The second-order valence-electron chi connectivity index (χ2n) is 9.92. The number of hydrogen-bond acceptors (Lipinski definition) is 6. The molecule has 1 aliphatic carbocycles. The maximum atomic E-state index is 13.6. The molecule has 0 unspecified atom stereocenters. The molecule has 3 N–H and O–H groups in total. The third-order valence-corrected chi connectivity index (χ3v) is 8.83. The molecule has 1 atom stereocenters. The second-order valence-corrected chi connectivity index (χ2v) is 11.9. The van der Waals surface area contributed by atoms with Gasteiger partial charge in [0.15, 0.2) is 0 Å². The number of benzene rings is 2. The molecule has 0 bridgehead atoms. The van der Waals surface area contributed by atoms with Crippen molar-refractivity contribution in [2.45, 2.75) is 43.1 Å². The lowest BCUT2D eigenvalue weighted by Gasteiger charge is -2.30. The molecule has 0 spiro atoms. The van der Waals surface area contributed by atoms with E-state index in [4.69, 9.17) is 5.73 Å². The highest BCUT2D eigenvalue weighted by Gasteiger charge is 2.31. The lowest BCUT2D eigenvalue weighted by Crippen LogP contribution is -2.46. The fourth-order valence-electron chi connectivity index (χ4n) is 4.98. The van der Waals surface area contributed by atoms with Gasteiger partial charge in [-0.15, -0.1) is 0 Å². The van der Waals surface area contributed by atoms with Crippen LogP contribution in [0.4, 0.5) is 5.69 Å². The Bertz CT molecular complexity index is 1280. The minimum Gasteiger partial charge on any atom is -0.399 e. The smallest absolute Gasteiger partial charge is 0.254 e. The number of aliphatic hydroxyl groups is 1. The Morgan fingerprint density at radius 1 is 1.00 bits per heavy atom. The summed E-state index contributed by atoms with van der Waals surface area (Å²) in [4.78, 5) is 19.1. The fraction of sp³-hybridized carbons (Fsp3) is 0.379. The van der Waals surface area contributed by atoms with Crippen molar-refractivity contribution in [2.24, 2.45) is 5.92 Å². The molecule has 1 heterocycles. The monoisotopic (exact) mass is 536 g/mol. The van der Waals surface area contributed by atoms with Gasteiger partial charge in [0.05, 0.1) is 11.0 Å². The molecule has 1 aliphatic rings. The van der Waals surface area contributed by atoms with Gasteiger partial charge in [0, 0.05) is 49.8 Å². The molecule has 1 aromatic heterocycles. The van der Waals surface area contributed by atoms with Gasteiger partial charge in [-0.1, -0.05) is 49.2 Å². The average Bonchev–Trinajstić information content (AvgIpc) is 3.44. The minimum absolute atomic E-state index is 0.00159. The van der Waals surface area contributed by atoms with E-state index in [9.17, 15) is 18.3 Å². The summed E-state index contributed by atoms with van der Waals surface area (Å²) in [6.45, 7) is 0.601. The molecular weight excluding hydrogens is 500 g/mol.